The molecule has 1 aromatic carbocycles. The van der Waals surface area contributed by atoms with Gasteiger partial charge in [-0.25, -0.2) is 13.9 Å². The van der Waals surface area contributed by atoms with Gasteiger partial charge in [0.15, 0.2) is 5.15 Å². The molecule has 0 spiro atoms. The standard InChI is InChI=1S/C11H6ClFN4/c12-11-10-5-14-16-17(10)6-9(15-11)7-1-3-8(13)4-2-7/h1-6H. The highest BCUT2D eigenvalue weighted by molar-refractivity contribution is 6.32. The van der Waals surface area contributed by atoms with Crippen LogP contribution in [0.25, 0.3) is 16.8 Å². The Morgan fingerprint density at radius 2 is 1.94 bits per heavy atom. The van der Waals surface area contributed by atoms with Crippen LogP contribution in [-0.2, 0) is 0 Å². The first-order chi connectivity index (χ1) is 8.24. The smallest absolute Gasteiger partial charge is 0.157 e. The number of fused-ring (bicyclic) bond motifs is 1. The molecule has 0 amide bonds. The van der Waals surface area contributed by atoms with Crippen molar-refractivity contribution in [3.05, 3.63) is 47.6 Å². The van der Waals surface area contributed by atoms with Crippen LogP contribution in [0.5, 0.6) is 0 Å². The average Bonchev–Trinajstić information content (AvgIpc) is 2.78. The third-order valence-corrected chi connectivity index (χ3v) is 2.67. The number of rotatable bonds is 1. The largest absolute Gasteiger partial charge is 0.232 e. The lowest BCUT2D eigenvalue weighted by Gasteiger charge is -2.02. The third kappa shape index (κ3) is 1.74. The van der Waals surface area contributed by atoms with Gasteiger partial charge in [-0.3, -0.25) is 0 Å². The first kappa shape index (κ1) is 10.2. The van der Waals surface area contributed by atoms with Crippen LogP contribution in [0.15, 0.2) is 36.7 Å². The molecule has 2 heterocycles. The first-order valence-electron chi connectivity index (χ1n) is 4.86. The molecule has 0 fully saturated rings. The second-order valence-corrected chi connectivity index (χ2v) is 3.85. The summed E-state index contributed by atoms with van der Waals surface area (Å²) in [6, 6.07) is 6.01. The second-order valence-electron chi connectivity index (χ2n) is 3.49. The Labute approximate surface area is 101 Å². The Kier molecular flexibility index (Phi) is 2.26. The number of hydrogen-bond acceptors (Lipinski definition) is 3. The number of hydrogen-bond donors (Lipinski definition) is 0. The van der Waals surface area contributed by atoms with E-state index in [4.69, 9.17) is 11.6 Å². The van der Waals surface area contributed by atoms with Crippen molar-refractivity contribution in [2.24, 2.45) is 0 Å². The predicted octanol–water partition coefficient (Wildman–Crippen LogP) is 2.58. The van der Waals surface area contributed by atoms with Gasteiger partial charge in [-0.15, -0.1) is 5.10 Å². The molecule has 3 rings (SSSR count). The monoisotopic (exact) mass is 248 g/mol. The Balaban J connectivity index is 2.20. The first-order valence-corrected chi connectivity index (χ1v) is 5.24. The minimum Gasteiger partial charge on any atom is -0.232 e. The van der Waals surface area contributed by atoms with E-state index in [1.807, 2.05) is 0 Å². The number of halogens is 2. The maximum atomic E-state index is 12.8. The van der Waals surface area contributed by atoms with Gasteiger partial charge >= 0.3 is 0 Å². The van der Waals surface area contributed by atoms with Crippen LogP contribution in [0.1, 0.15) is 0 Å². The molecular formula is C11H6ClFN4. The van der Waals surface area contributed by atoms with E-state index in [1.165, 1.54) is 22.8 Å². The topological polar surface area (TPSA) is 43.1 Å². The van der Waals surface area contributed by atoms with Crippen molar-refractivity contribution in [3.63, 3.8) is 0 Å². The van der Waals surface area contributed by atoms with Gasteiger partial charge in [0.1, 0.15) is 11.3 Å². The van der Waals surface area contributed by atoms with E-state index in [1.54, 1.807) is 18.3 Å². The molecule has 17 heavy (non-hydrogen) atoms. The normalized spacial score (nSPS) is 10.9. The van der Waals surface area contributed by atoms with Crippen molar-refractivity contribution < 1.29 is 4.39 Å². The van der Waals surface area contributed by atoms with Crippen molar-refractivity contribution >= 4 is 17.1 Å². The van der Waals surface area contributed by atoms with Crippen molar-refractivity contribution in [1.29, 1.82) is 0 Å². The summed E-state index contributed by atoms with van der Waals surface area (Å²) >= 11 is 6.00. The molecule has 0 saturated heterocycles. The van der Waals surface area contributed by atoms with E-state index in [2.05, 4.69) is 15.3 Å². The molecule has 0 aliphatic heterocycles. The SMILES string of the molecule is Fc1ccc(-c2cn3nncc3c(Cl)n2)cc1. The van der Waals surface area contributed by atoms with Crippen molar-refractivity contribution in [3.8, 4) is 11.3 Å². The molecule has 6 heteroatoms. The van der Waals surface area contributed by atoms with Crippen LogP contribution in [0, 0.1) is 5.82 Å². The molecule has 0 atom stereocenters. The molecule has 84 valence electrons. The summed E-state index contributed by atoms with van der Waals surface area (Å²) < 4.78 is 14.3. The van der Waals surface area contributed by atoms with E-state index in [0.717, 1.165) is 5.56 Å². The van der Waals surface area contributed by atoms with Gasteiger partial charge in [0.2, 0.25) is 0 Å². The summed E-state index contributed by atoms with van der Waals surface area (Å²) in [5, 5.41) is 7.91. The molecule has 0 unspecified atom stereocenters. The summed E-state index contributed by atoms with van der Waals surface area (Å²) in [5.41, 5.74) is 2.02. The Bertz CT molecular complexity index is 678. The summed E-state index contributed by atoms with van der Waals surface area (Å²) in [6.07, 6.45) is 3.23. The summed E-state index contributed by atoms with van der Waals surface area (Å²) in [5.74, 6) is -0.290. The minimum absolute atomic E-state index is 0.290. The molecule has 0 saturated carbocycles. The summed E-state index contributed by atoms with van der Waals surface area (Å²) in [7, 11) is 0. The molecule has 0 aliphatic rings. The van der Waals surface area contributed by atoms with Crippen LogP contribution in [0.3, 0.4) is 0 Å². The highest BCUT2D eigenvalue weighted by Gasteiger charge is 2.07. The lowest BCUT2D eigenvalue weighted by Crippen LogP contribution is -1.93. The maximum Gasteiger partial charge on any atom is 0.157 e. The lowest BCUT2D eigenvalue weighted by molar-refractivity contribution is 0.628. The van der Waals surface area contributed by atoms with Crippen molar-refractivity contribution in [2.45, 2.75) is 0 Å². The molecule has 0 aliphatic carbocycles. The van der Waals surface area contributed by atoms with Crippen molar-refractivity contribution in [2.75, 3.05) is 0 Å². The van der Waals surface area contributed by atoms with Gasteiger partial charge in [-0.1, -0.05) is 16.8 Å². The molecule has 2 aromatic heterocycles. The maximum absolute atomic E-state index is 12.8. The fourth-order valence-corrected chi connectivity index (χ4v) is 1.78. The highest BCUT2D eigenvalue weighted by Crippen LogP contribution is 2.21. The van der Waals surface area contributed by atoms with E-state index in [-0.39, 0.29) is 5.82 Å². The Morgan fingerprint density at radius 3 is 2.71 bits per heavy atom. The van der Waals surface area contributed by atoms with Gasteiger partial charge in [0, 0.05) is 5.56 Å². The van der Waals surface area contributed by atoms with E-state index in [9.17, 15) is 4.39 Å². The quantitative estimate of drug-likeness (QED) is 0.665. The molecule has 4 nitrogen and oxygen atoms in total. The fourth-order valence-electron chi connectivity index (χ4n) is 1.55. The second kappa shape index (κ2) is 3.78. The van der Waals surface area contributed by atoms with Crippen LogP contribution < -0.4 is 0 Å². The van der Waals surface area contributed by atoms with E-state index >= 15 is 0 Å². The van der Waals surface area contributed by atoms with Gasteiger partial charge in [0.05, 0.1) is 18.1 Å². The van der Waals surface area contributed by atoms with Gasteiger partial charge in [-0.05, 0) is 24.3 Å². The third-order valence-electron chi connectivity index (χ3n) is 2.39. The minimum atomic E-state index is -0.290. The molecular weight excluding hydrogens is 243 g/mol. The Hall–Kier alpha value is -2.01. The Morgan fingerprint density at radius 1 is 1.18 bits per heavy atom. The van der Waals surface area contributed by atoms with Crippen LogP contribution in [-0.4, -0.2) is 19.8 Å². The summed E-state index contributed by atoms with van der Waals surface area (Å²) in [6.45, 7) is 0. The van der Waals surface area contributed by atoms with Crippen LogP contribution in [0.4, 0.5) is 4.39 Å². The highest BCUT2D eigenvalue weighted by atomic mass is 35.5. The van der Waals surface area contributed by atoms with Gasteiger partial charge < -0.3 is 0 Å². The number of benzene rings is 1. The van der Waals surface area contributed by atoms with Crippen LogP contribution >= 0.6 is 11.6 Å². The molecule has 0 N–H and O–H groups in total. The summed E-state index contributed by atoms with van der Waals surface area (Å²) in [4.78, 5) is 4.22. The van der Waals surface area contributed by atoms with Crippen molar-refractivity contribution in [1.82, 2.24) is 19.8 Å². The lowest BCUT2D eigenvalue weighted by atomic mass is 10.1. The zero-order chi connectivity index (χ0) is 11.8. The number of nitrogens with zero attached hydrogens (tertiary/aromatic N) is 4. The number of aromatic nitrogens is 4. The van der Waals surface area contributed by atoms with Gasteiger partial charge in [0.25, 0.3) is 0 Å². The zero-order valence-electron chi connectivity index (χ0n) is 8.51. The molecule has 0 radical (unpaired) electrons. The molecule has 3 aromatic rings. The van der Waals surface area contributed by atoms with Crippen LogP contribution in [0.2, 0.25) is 5.15 Å². The fraction of sp³-hybridized carbons (Fsp3) is 0. The molecule has 0 bridgehead atoms. The average molecular weight is 249 g/mol. The van der Waals surface area contributed by atoms with Gasteiger partial charge in [-0.2, -0.15) is 0 Å². The zero-order valence-corrected chi connectivity index (χ0v) is 9.26. The van der Waals surface area contributed by atoms with E-state index < -0.39 is 0 Å². The predicted molar refractivity (Wildman–Crippen MR) is 61.2 cm³/mol. The van der Waals surface area contributed by atoms with E-state index in [0.29, 0.717) is 16.4 Å².